The fraction of sp³-hybridized carbons (Fsp3) is 0.800. The molecule has 0 aliphatic rings. The Morgan fingerprint density at radius 3 is 1.24 bits per heavy atom. The standard InChI is InChI=1S/2C5H10O3.Ba/c2*1-2-4(6)3-5(7)8;/h2*4,6H,2-3H2,1H3,(H,7,8);/q;;+2/p-2/t2*4-;/m00./s1. The van der Waals surface area contributed by atoms with Crippen LogP contribution in [-0.2, 0) is 9.59 Å². The van der Waals surface area contributed by atoms with Gasteiger partial charge in [0.05, 0.1) is 12.2 Å². The molecular weight excluding hydrogens is 353 g/mol. The summed E-state index contributed by atoms with van der Waals surface area (Å²) in [5.74, 6) is -2.39. The van der Waals surface area contributed by atoms with Gasteiger partial charge in [0.2, 0.25) is 0 Å². The molecule has 96 valence electrons. The Balaban J connectivity index is -0.000000218. The molecule has 0 fully saturated rings. The molecule has 0 aliphatic heterocycles. The van der Waals surface area contributed by atoms with Gasteiger partial charge in [-0.3, -0.25) is 0 Å². The van der Waals surface area contributed by atoms with Crippen LogP contribution >= 0.6 is 0 Å². The van der Waals surface area contributed by atoms with Crippen molar-refractivity contribution in [2.75, 3.05) is 0 Å². The molecule has 17 heavy (non-hydrogen) atoms. The van der Waals surface area contributed by atoms with Crippen molar-refractivity contribution < 1.29 is 30.0 Å². The average molecular weight is 372 g/mol. The molecule has 0 saturated heterocycles. The first-order valence-electron chi connectivity index (χ1n) is 5.09. The fourth-order valence-electron chi connectivity index (χ4n) is 0.673. The minimum atomic E-state index is -1.20. The number of hydrogen-bond acceptors (Lipinski definition) is 6. The fourth-order valence-corrected chi connectivity index (χ4v) is 0.673. The molecule has 0 aromatic rings. The van der Waals surface area contributed by atoms with Gasteiger partial charge in [0, 0.05) is 24.8 Å². The van der Waals surface area contributed by atoms with Crippen molar-refractivity contribution >= 4 is 60.8 Å². The van der Waals surface area contributed by atoms with Gasteiger partial charge in [0.15, 0.2) is 0 Å². The summed E-state index contributed by atoms with van der Waals surface area (Å²) in [5.41, 5.74) is 0. The molecule has 7 heteroatoms. The maximum Gasteiger partial charge on any atom is 2.00 e. The minimum absolute atomic E-state index is 0. The summed E-state index contributed by atoms with van der Waals surface area (Å²) in [6.45, 7) is 3.43. The molecular formula is C10H18BaO6. The summed E-state index contributed by atoms with van der Waals surface area (Å²) >= 11 is 0. The van der Waals surface area contributed by atoms with E-state index in [0.29, 0.717) is 12.8 Å². The van der Waals surface area contributed by atoms with Gasteiger partial charge in [0.25, 0.3) is 0 Å². The van der Waals surface area contributed by atoms with Crippen LogP contribution in [0, 0.1) is 0 Å². The van der Waals surface area contributed by atoms with Crippen molar-refractivity contribution in [2.24, 2.45) is 0 Å². The van der Waals surface area contributed by atoms with E-state index in [4.69, 9.17) is 10.2 Å². The van der Waals surface area contributed by atoms with Crippen molar-refractivity contribution in [3.63, 3.8) is 0 Å². The van der Waals surface area contributed by atoms with Gasteiger partial charge in [0.1, 0.15) is 0 Å². The van der Waals surface area contributed by atoms with Gasteiger partial charge < -0.3 is 30.0 Å². The first-order valence-corrected chi connectivity index (χ1v) is 5.09. The molecule has 0 radical (unpaired) electrons. The summed E-state index contributed by atoms with van der Waals surface area (Å²) < 4.78 is 0. The molecule has 0 spiro atoms. The molecule has 0 aromatic carbocycles. The number of carboxylic acid groups (broad SMARTS) is 2. The van der Waals surface area contributed by atoms with Gasteiger partial charge in [-0.2, -0.15) is 0 Å². The normalized spacial score (nSPS) is 12.5. The Morgan fingerprint density at radius 1 is 0.941 bits per heavy atom. The topological polar surface area (TPSA) is 121 Å². The van der Waals surface area contributed by atoms with Crippen LogP contribution in [0.5, 0.6) is 0 Å². The van der Waals surface area contributed by atoms with E-state index in [0.717, 1.165) is 0 Å². The van der Waals surface area contributed by atoms with Crippen molar-refractivity contribution in [1.82, 2.24) is 0 Å². The number of aliphatic hydroxyl groups excluding tert-OH is 2. The minimum Gasteiger partial charge on any atom is -0.550 e. The third-order valence-electron chi connectivity index (χ3n) is 1.75. The molecule has 6 nitrogen and oxygen atoms in total. The second-order valence-corrected chi connectivity index (χ2v) is 3.28. The monoisotopic (exact) mass is 372 g/mol. The van der Waals surface area contributed by atoms with E-state index in [1.807, 2.05) is 0 Å². The van der Waals surface area contributed by atoms with Crippen LogP contribution in [-0.4, -0.2) is 83.2 Å². The first kappa shape index (κ1) is 22.6. The summed E-state index contributed by atoms with van der Waals surface area (Å²) in [6, 6.07) is 0. The number of hydrogen-bond donors (Lipinski definition) is 2. The Bertz CT molecular complexity index is 187. The predicted molar refractivity (Wildman–Crippen MR) is 57.6 cm³/mol. The molecule has 0 amide bonds. The van der Waals surface area contributed by atoms with Gasteiger partial charge in [-0.25, -0.2) is 0 Å². The SMILES string of the molecule is CC[C@H](O)CC(=O)[O-].CC[C@H](O)CC(=O)[O-].[Ba+2]. The molecule has 0 rings (SSSR count). The van der Waals surface area contributed by atoms with E-state index in [1.54, 1.807) is 13.8 Å². The third-order valence-corrected chi connectivity index (χ3v) is 1.75. The largest absolute Gasteiger partial charge is 2.00 e. The molecule has 0 aromatic heterocycles. The quantitative estimate of drug-likeness (QED) is 0.495. The van der Waals surface area contributed by atoms with E-state index < -0.39 is 24.1 Å². The second-order valence-electron chi connectivity index (χ2n) is 3.28. The van der Waals surface area contributed by atoms with E-state index in [2.05, 4.69) is 0 Å². The van der Waals surface area contributed by atoms with Gasteiger partial charge in [-0.1, -0.05) is 13.8 Å². The van der Waals surface area contributed by atoms with E-state index in [1.165, 1.54) is 0 Å². The van der Waals surface area contributed by atoms with Crippen LogP contribution in [0.15, 0.2) is 0 Å². The van der Waals surface area contributed by atoms with E-state index in [-0.39, 0.29) is 61.7 Å². The first-order chi connectivity index (χ1) is 7.33. The number of carboxylic acids is 2. The van der Waals surface area contributed by atoms with Crippen LogP contribution in [0.25, 0.3) is 0 Å². The summed E-state index contributed by atoms with van der Waals surface area (Å²) in [4.78, 5) is 19.4. The Hall–Kier alpha value is 0.431. The van der Waals surface area contributed by atoms with Gasteiger partial charge in [-0.05, 0) is 12.8 Å². The molecule has 2 atom stereocenters. The smallest absolute Gasteiger partial charge is 0.550 e. The molecule has 0 unspecified atom stereocenters. The van der Waals surface area contributed by atoms with Crippen LogP contribution in [0.4, 0.5) is 0 Å². The number of aliphatic carboxylic acids is 2. The number of carbonyl (C=O) groups is 2. The van der Waals surface area contributed by atoms with Crippen molar-refractivity contribution in [2.45, 2.75) is 51.7 Å². The van der Waals surface area contributed by atoms with Crippen molar-refractivity contribution in [1.29, 1.82) is 0 Å². The summed E-state index contributed by atoms with van der Waals surface area (Å²) in [6.07, 6.45) is -1.05. The van der Waals surface area contributed by atoms with Crippen molar-refractivity contribution in [3.8, 4) is 0 Å². The Kier molecular flexibility index (Phi) is 19.3. The number of aliphatic hydroxyl groups is 2. The zero-order valence-corrected chi connectivity index (χ0v) is 14.7. The van der Waals surface area contributed by atoms with Crippen LogP contribution in [0.2, 0.25) is 0 Å². The maximum atomic E-state index is 9.70. The van der Waals surface area contributed by atoms with Crippen molar-refractivity contribution in [3.05, 3.63) is 0 Å². The molecule has 0 aliphatic carbocycles. The summed E-state index contributed by atoms with van der Waals surface area (Å²) in [5, 5.41) is 36.6. The Labute approximate surface area is 141 Å². The van der Waals surface area contributed by atoms with Gasteiger partial charge in [-0.15, -0.1) is 0 Å². The average Bonchev–Trinajstić information content (AvgIpc) is 2.16. The molecule has 0 saturated carbocycles. The maximum absolute atomic E-state index is 9.70. The second kappa shape index (κ2) is 14.5. The zero-order chi connectivity index (χ0) is 13.1. The van der Waals surface area contributed by atoms with E-state index in [9.17, 15) is 19.8 Å². The third kappa shape index (κ3) is 22.1. The van der Waals surface area contributed by atoms with E-state index >= 15 is 0 Å². The zero-order valence-electron chi connectivity index (χ0n) is 10.2. The molecule has 2 N–H and O–H groups in total. The summed E-state index contributed by atoms with van der Waals surface area (Å²) in [7, 11) is 0. The van der Waals surface area contributed by atoms with Crippen LogP contribution < -0.4 is 10.2 Å². The predicted octanol–water partition coefficient (Wildman–Crippen LogP) is -2.59. The number of carbonyl (C=O) groups excluding carboxylic acids is 2. The Morgan fingerprint density at radius 2 is 1.18 bits per heavy atom. The van der Waals surface area contributed by atoms with Crippen LogP contribution in [0.3, 0.4) is 0 Å². The molecule has 0 bridgehead atoms. The van der Waals surface area contributed by atoms with Gasteiger partial charge >= 0.3 is 48.9 Å². The molecule has 0 heterocycles. The van der Waals surface area contributed by atoms with Crippen LogP contribution in [0.1, 0.15) is 39.5 Å². The number of rotatable bonds is 6.